The first-order chi connectivity index (χ1) is 18.8. The highest BCUT2D eigenvalue weighted by Gasteiger charge is 2.39. The van der Waals surface area contributed by atoms with Crippen LogP contribution in [0.25, 0.3) is 11.5 Å². The van der Waals surface area contributed by atoms with Crippen molar-refractivity contribution in [3.63, 3.8) is 0 Å². The molecule has 4 aromatic rings. The predicted molar refractivity (Wildman–Crippen MR) is 128 cm³/mol. The zero-order valence-corrected chi connectivity index (χ0v) is 21.1. The Morgan fingerprint density at radius 1 is 0.900 bits per heavy atom. The number of hydrogen-bond acceptors (Lipinski definition) is 5. The molecule has 2 aromatic carbocycles. The Balaban J connectivity index is 1.51. The van der Waals surface area contributed by atoms with Crippen molar-refractivity contribution in [3.05, 3.63) is 94.4 Å². The number of hydrogen-bond donors (Lipinski definition) is 0. The van der Waals surface area contributed by atoms with Gasteiger partial charge in [-0.25, -0.2) is 9.37 Å². The number of nitrogens with zero attached hydrogens (tertiary/aromatic N) is 5. The van der Waals surface area contributed by atoms with Crippen LogP contribution in [0.2, 0.25) is 0 Å². The van der Waals surface area contributed by atoms with Crippen LogP contribution in [-0.2, 0) is 30.1 Å². The van der Waals surface area contributed by atoms with Crippen LogP contribution in [0.5, 0.6) is 0 Å². The third kappa shape index (κ3) is 5.69. The molecule has 13 heteroatoms. The molecule has 0 N–H and O–H groups in total. The molecule has 0 aliphatic carbocycles. The minimum atomic E-state index is -4.98. The molecule has 0 saturated heterocycles. The summed E-state index contributed by atoms with van der Waals surface area (Å²) in [6.07, 6.45) is -8.56. The van der Waals surface area contributed by atoms with Gasteiger partial charge in [0.15, 0.2) is 5.82 Å². The van der Waals surface area contributed by atoms with Crippen molar-refractivity contribution >= 4 is 0 Å². The van der Waals surface area contributed by atoms with Crippen molar-refractivity contribution in [1.82, 2.24) is 24.7 Å². The van der Waals surface area contributed by atoms with Gasteiger partial charge in [-0.3, -0.25) is 4.98 Å². The van der Waals surface area contributed by atoms with Crippen LogP contribution >= 0.6 is 0 Å². The molecule has 0 spiro atoms. The van der Waals surface area contributed by atoms with Crippen LogP contribution in [0.1, 0.15) is 52.7 Å². The van der Waals surface area contributed by atoms with E-state index in [2.05, 4.69) is 20.2 Å². The molecule has 3 heterocycles. The summed E-state index contributed by atoms with van der Waals surface area (Å²) in [5.41, 5.74) is -1.28. The lowest BCUT2D eigenvalue weighted by Crippen LogP contribution is -2.35. The van der Waals surface area contributed by atoms with Crippen molar-refractivity contribution < 1.29 is 35.5 Å². The maximum atomic E-state index is 13.7. The van der Waals surface area contributed by atoms with Gasteiger partial charge >= 0.3 is 12.4 Å². The maximum absolute atomic E-state index is 13.7. The van der Waals surface area contributed by atoms with E-state index < -0.39 is 47.4 Å². The molecule has 6 nitrogen and oxygen atoms in total. The molecule has 0 radical (unpaired) electrons. The van der Waals surface area contributed by atoms with Crippen molar-refractivity contribution in [2.75, 3.05) is 0 Å². The lowest BCUT2D eigenvalue weighted by Gasteiger charge is -2.35. The van der Waals surface area contributed by atoms with Crippen LogP contribution < -0.4 is 0 Å². The van der Waals surface area contributed by atoms with Gasteiger partial charge in [0.1, 0.15) is 17.3 Å². The molecule has 1 aliphatic heterocycles. The molecule has 0 unspecified atom stereocenters. The normalized spacial score (nSPS) is 18.4. The summed E-state index contributed by atoms with van der Waals surface area (Å²) < 4.78 is 102. The third-order valence-electron chi connectivity index (χ3n) is 6.81. The molecule has 210 valence electrons. The second kappa shape index (κ2) is 10.3. The first-order valence-electron chi connectivity index (χ1n) is 12.2. The van der Waals surface area contributed by atoms with Gasteiger partial charge in [-0.05, 0) is 55.3 Å². The molecule has 2 aromatic heterocycles. The number of fused-ring (bicyclic) bond motifs is 1. The van der Waals surface area contributed by atoms with Gasteiger partial charge in [-0.1, -0.05) is 12.1 Å². The van der Waals surface area contributed by atoms with E-state index in [4.69, 9.17) is 4.74 Å². The minimum Gasteiger partial charge on any atom is -0.369 e. The van der Waals surface area contributed by atoms with Gasteiger partial charge in [0.05, 0.1) is 35.2 Å². The zero-order chi connectivity index (χ0) is 28.8. The molecule has 40 heavy (non-hydrogen) atoms. The summed E-state index contributed by atoms with van der Waals surface area (Å²) in [5, 5.41) is 8.46. The summed E-state index contributed by atoms with van der Waals surface area (Å²) in [7, 11) is 0. The predicted octanol–water partition coefficient (Wildman–Crippen LogP) is 6.71. The van der Waals surface area contributed by atoms with E-state index in [0.717, 1.165) is 0 Å². The van der Waals surface area contributed by atoms with E-state index in [1.165, 1.54) is 19.1 Å². The van der Waals surface area contributed by atoms with Gasteiger partial charge < -0.3 is 9.30 Å². The zero-order valence-electron chi connectivity index (χ0n) is 21.1. The molecule has 0 fully saturated rings. The fraction of sp³-hybridized carbons (Fsp3) is 0.333. The van der Waals surface area contributed by atoms with Gasteiger partial charge in [0, 0.05) is 25.1 Å². The quantitative estimate of drug-likeness (QED) is 0.252. The van der Waals surface area contributed by atoms with E-state index in [1.54, 1.807) is 31.5 Å². The SMILES string of the molecule is Cc1cnc(-c2nnc3n2C[C@H](c2ccc(F)cc2)[C@@H](O[C@H](C)c2cc(C(F)(F)F)cc(C(F)(F)F)c2)C3)cn1. The number of rotatable bonds is 5. The molecule has 0 bridgehead atoms. The third-order valence-corrected chi connectivity index (χ3v) is 6.81. The Bertz CT molecular complexity index is 1470. The average Bonchev–Trinajstić information content (AvgIpc) is 3.30. The standard InChI is InChI=1S/C27H22F7N5O/c1-14-11-36-22(12-35-14)25-38-37-24-10-23(21(13-39(24)25)16-3-5-20(28)6-4-16)40-15(2)17-7-18(26(29,30)31)9-19(8-17)27(32,33)34/h3-9,11-12,15,21,23H,10,13H2,1-2H3/t15-,21-,23+/m1/s1. The van der Waals surface area contributed by atoms with Crippen molar-refractivity contribution in [1.29, 1.82) is 0 Å². The minimum absolute atomic E-state index is 0.0795. The number of aromatic nitrogens is 5. The van der Waals surface area contributed by atoms with Gasteiger partial charge in [-0.2, -0.15) is 26.3 Å². The summed E-state index contributed by atoms with van der Waals surface area (Å²) in [4.78, 5) is 8.59. The Kier molecular flexibility index (Phi) is 7.11. The Morgan fingerprint density at radius 3 is 2.12 bits per heavy atom. The first kappa shape index (κ1) is 27.7. The fourth-order valence-corrected chi connectivity index (χ4v) is 4.74. The van der Waals surface area contributed by atoms with Crippen LogP contribution in [0, 0.1) is 12.7 Å². The second-order valence-corrected chi connectivity index (χ2v) is 9.61. The lowest BCUT2D eigenvalue weighted by molar-refractivity contribution is -0.143. The van der Waals surface area contributed by atoms with E-state index in [1.807, 2.05) is 4.57 Å². The monoisotopic (exact) mass is 565 g/mol. The van der Waals surface area contributed by atoms with Crippen LogP contribution in [0.4, 0.5) is 30.7 Å². The molecule has 3 atom stereocenters. The highest BCUT2D eigenvalue weighted by molar-refractivity contribution is 5.48. The smallest absolute Gasteiger partial charge is 0.369 e. The number of aryl methyl sites for hydroxylation is 1. The highest BCUT2D eigenvalue weighted by Crippen LogP contribution is 2.40. The number of halogens is 7. The second-order valence-electron chi connectivity index (χ2n) is 9.61. The molecule has 0 amide bonds. The first-order valence-corrected chi connectivity index (χ1v) is 12.2. The largest absolute Gasteiger partial charge is 0.416 e. The summed E-state index contributed by atoms with van der Waals surface area (Å²) in [6.45, 7) is 3.42. The Labute approximate surface area is 223 Å². The Morgan fingerprint density at radius 2 is 1.55 bits per heavy atom. The van der Waals surface area contributed by atoms with Gasteiger partial charge in [-0.15, -0.1) is 10.2 Å². The van der Waals surface area contributed by atoms with E-state index in [-0.39, 0.29) is 24.6 Å². The van der Waals surface area contributed by atoms with E-state index in [0.29, 0.717) is 40.7 Å². The highest BCUT2D eigenvalue weighted by atomic mass is 19.4. The van der Waals surface area contributed by atoms with E-state index >= 15 is 0 Å². The van der Waals surface area contributed by atoms with Crippen LogP contribution in [0.3, 0.4) is 0 Å². The molecule has 1 aliphatic rings. The van der Waals surface area contributed by atoms with Crippen LogP contribution in [-0.4, -0.2) is 30.8 Å². The average molecular weight is 565 g/mol. The lowest BCUT2D eigenvalue weighted by atomic mass is 9.88. The molecular weight excluding hydrogens is 543 g/mol. The summed E-state index contributed by atoms with van der Waals surface area (Å²) in [5.74, 6) is 0.00741. The van der Waals surface area contributed by atoms with Crippen molar-refractivity contribution in [2.24, 2.45) is 0 Å². The molecular formula is C27H22F7N5O. The van der Waals surface area contributed by atoms with Crippen LogP contribution in [0.15, 0.2) is 54.9 Å². The topological polar surface area (TPSA) is 65.7 Å². The van der Waals surface area contributed by atoms with Gasteiger partial charge in [0.2, 0.25) is 0 Å². The van der Waals surface area contributed by atoms with Crippen molar-refractivity contribution in [3.8, 4) is 11.5 Å². The molecule has 5 rings (SSSR count). The summed E-state index contributed by atoms with van der Waals surface area (Å²) in [6, 6.07) is 7.06. The van der Waals surface area contributed by atoms with Gasteiger partial charge in [0.25, 0.3) is 0 Å². The number of alkyl halides is 6. The molecule has 0 saturated carbocycles. The summed E-state index contributed by atoms with van der Waals surface area (Å²) >= 11 is 0. The number of ether oxygens (including phenoxy) is 1. The number of benzene rings is 2. The maximum Gasteiger partial charge on any atom is 0.416 e. The van der Waals surface area contributed by atoms with Crippen molar-refractivity contribution in [2.45, 2.75) is 57.3 Å². The fourth-order valence-electron chi connectivity index (χ4n) is 4.74. The Hall–Kier alpha value is -3.87. The van der Waals surface area contributed by atoms with E-state index in [9.17, 15) is 30.7 Å².